The number of non-ortho nitro benzene ring substituents is 1. The van der Waals surface area contributed by atoms with Gasteiger partial charge in [0.25, 0.3) is 11.6 Å². The van der Waals surface area contributed by atoms with Crippen LogP contribution in [0.1, 0.15) is 52.3 Å². The first-order valence-electron chi connectivity index (χ1n) is 10.5. The number of fused-ring (bicyclic) bond motifs is 1. The minimum Gasteiger partial charge on any atom is -0.334 e. The number of benzene rings is 1. The van der Waals surface area contributed by atoms with Crippen molar-refractivity contribution >= 4 is 23.2 Å². The van der Waals surface area contributed by atoms with Gasteiger partial charge in [-0.15, -0.1) is 0 Å². The molecule has 0 aliphatic carbocycles. The van der Waals surface area contributed by atoms with Crippen LogP contribution >= 0.6 is 0 Å². The Hall–Kier alpha value is -3.80. The average Bonchev–Trinajstić information content (AvgIpc) is 2.79. The first-order chi connectivity index (χ1) is 15.4. The summed E-state index contributed by atoms with van der Waals surface area (Å²) < 4.78 is 0. The second-order valence-electron chi connectivity index (χ2n) is 7.60. The molecule has 1 amide bonds. The Morgan fingerprint density at radius 1 is 1.22 bits per heavy atom. The molecule has 2 heterocycles. The van der Waals surface area contributed by atoms with Gasteiger partial charge in [0.2, 0.25) is 0 Å². The number of allylic oxidation sites excluding steroid dienone is 6. The van der Waals surface area contributed by atoms with E-state index in [0.29, 0.717) is 30.8 Å². The highest BCUT2D eigenvalue weighted by molar-refractivity contribution is 5.99. The van der Waals surface area contributed by atoms with Gasteiger partial charge >= 0.3 is 0 Å². The molecular formula is C26H27N3O3. The lowest BCUT2D eigenvalue weighted by atomic mass is 9.96. The molecule has 0 spiro atoms. The molecule has 0 bridgehead atoms. The van der Waals surface area contributed by atoms with E-state index in [-0.39, 0.29) is 11.6 Å². The number of carbonyl (C=O) groups is 1. The van der Waals surface area contributed by atoms with Gasteiger partial charge in [0.15, 0.2) is 0 Å². The molecule has 0 atom stereocenters. The number of aromatic nitrogens is 1. The minimum absolute atomic E-state index is 0.0419. The number of hydrogen-bond donors (Lipinski definition) is 0. The SMILES string of the molecule is C=C/C=C(\C=C/C)c1cc(C(=O)N2CCc3ccc([N+](=O)[O-])cc3C2)c(/C=C\C)c(C)n1. The normalized spacial score (nSPS) is 14.1. The van der Waals surface area contributed by atoms with Crippen LogP contribution in [0.2, 0.25) is 0 Å². The lowest BCUT2D eigenvalue weighted by Gasteiger charge is -2.29. The Balaban J connectivity index is 2.05. The van der Waals surface area contributed by atoms with Crippen molar-refractivity contribution < 1.29 is 9.72 Å². The Kier molecular flexibility index (Phi) is 7.15. The topological polar surface area (TPSA) is 76.3 Å². The number of hydrogen-bond acceptors (Lipinski definition) is 4. The molecule has 0 N–H and O–H groups in total. The standard InChI is InChI=1S/C26H27N3O3/c1-5-8-20(9-6-2)25-16-24(23(10-7-3)18(4)27-25)26(30)28-14-13-19-11-12-22(29(31)32)15-21(19)17-28/h5-12,15-16H,1,13-14,17H2,2-4H3/b9-6-,10-7-,20-8+. The molecule has 0 unspecified atom stereocenters. The number of carbonyl (C=O) groups excluding carboxylic acids is 1. The fourth-order valence-electron chi connectivity index (χ4n) is 3.92. The average molecular weight is 430 g/mol. The molecule has 1 aliphatic rings. The van der Waals surface area contributed by atoms with Gasteiger partial charge < -0.3 is 4.90 Å². The number of aryl methyl sites for hydroxylation is 1. The predicted molar refractivity (Wildman–Crippen MR) is 128 cm³/mol. The summed E-state index contributed by atoms with van der Waals surface area (Å²) >= 11 is 0. The number of nitro benzene ring substituents is 1. The molecule has 6 heteroatoms. The molecule has 2 aromatic rings. The Morgan fingerprint density at radius 3 is 2.66 bits per heavy atom. The summed E-state index contributed by atoms with van der Waals surface area (Å²) in [6.07, 6.45) is 11.9. The zero-order valence-corrected chi connectivity index (χ0v) is 18.7. The molecule has 1 aliphatic heterocycles. The van der Waals surface area contributed by atoms with Crippen LogP contribution in [0, 0.1) is 17.0 Å². The zero-order valence-electron chi connectivity index (χ0n) is 18.7. The first-order valence-corrected chi connectivity index (χ1v) is 10.5. The van der Waals surface area contributed by atoms with Gasteiger partial charge in [0.1, 0.15) is 0 Å². The molecule has 1 aromatic heterocycles. The third-order valence-electron chi connectivity index (χ3n) is 5.45. The number of pyridine rings is 1. The lowest BCUT2D eigenvalue weighted by molar-refractivity contribution is -0.385. The number of amides is 1. The molecule has 164 valence electrons. The van der Waals surface area contributed by atoms with Crippen LogP contribution in [0.25, 0.3) is 11.6 Å². The van der Waals surface area contributed by atoms with Crippen LogP contribution in [0.5, 0.6) is 0 Å². The van der Waals surface area contributed by atoms with Gasteiger partial charge in [-0.2, -0.15) is 0 Å². The van der Waals surface area contributed by atoms with Crippen molar-refractivity contribution in [3.8, 4) is 0 Å². The van der Waals surface area contributed by atoms with E-state index in [9.17, 15) is 14.9 Å². The Bertz CT molecular complexity index is 1160. The van der Waals surface area contributed by atoms with E-state index >= 15 is 0 Å². The largest absolute Gasteiger partial charge is 0.334 e. The molecule has 0 saturated carbocycles. The highest BCUT2D eigenvalue weighted by atomic mass is 16.6. The van der Waals surface area contributed by atoms with E-state index in [1.165, 1.54) is 6.07 Å². The van der Waals surface area contributed by atoms with Crippen LogP contribution in [-0.4, -0.2) is 27.3 Å². The van der Waals surface area contributed by atoms with E-state index in [1.807, 2.05) is 57.2 Å². The summed E-state index contributed by atoms with van der Waals surface area (Å²) in [6, 6.07) is 6.71. The van der Waals surface area contributed by atoms with E-state index in [2.05, 4.69) is 6.58 Å². The molecule has 6 nitrogen and oxygen atoms in total. The maximum atomic E-state index is 13.6. The Morgan fingerprint density at radius 2 is 2.00 bits per heavy atom. The molecule has 1 aromatic carbocycles. The van der Waals surface area contributed by atoms with Crippen molar-refractivity contribution in [1.82, 2.24) is 9.88 Å². The molecule has 0 fully saturated rings. The van der Waals surface area contributed by atoms with Gasteiger partial charge in [-0.3, -0.25) is 19.9 Å². The fourth-order valence-corrected chi connectivity index (χ4v) is 3.92. The Labute approximate surface area is 188 Å². The highest BCUT2D eigenvalue weighted by Gasteiger charge is 2.26. The summed E-state index contributed by atoms with van der Waals surface area (Å²) in [7, 11) is 0. The zero-order chi connectivity index (χ0) is 23.3. The van der Waals surface area contributed by atoms with Crippen molar-refractivity contribution in [1.29, 1.82) is 0 Å². The van der Waals surface area contributed by atoms with E-state index in [0.717, 1.165) is 28.0 Å². The van der Waals surface area contributed by atoms with Crippen LogP contribution in [0.4, 0.5) is 5.69 Å². The third-order valence-corrected chi connectivity index (χ3v) is 5.45. The maximum Gasteiger partial charge on any atom is 0.269 e. The fraction of sp³-hybridized carbons (Fsp3) is 0.231. The van der Waals surface area contributed by atoms with Crippen LogP contribution in [-0.2, 0) is 13.0 Å². The van der Waals surface area contributed by atoms with E-state index in [4.69, 9.17) is 4.98 Å². The molecule has 0 radical (unpaired) electrons. The molecule has 3 rings (SSSR count). The quantitative estimate of drug-likeness (QED) is 0.336. The van der Waals surface area contributed by atoms with Gasteiger partial charge in [0, 0.05) is 36.5 Å². The second-order valence-corrected chi connectivity index (χ2v) is 7.60. The second kappa shape index (κ2) is 10.0. The van der Waals surface area contributed by atoms with Crippen molar-refractivity contribution in [2.75, 3.05) is 6.54 Å². The van der Waals surface area contributed by atoms with Crippen molar-refractivity contribution in [2.45, 2.75) is 33.7 Å². The maximum absolute atomic E-state index is 13.6. The van der Waals surface area contributed by atoms with Crippen LogP contribution < -0.4 is 0 Å². The molecule has 32 heavy (non-hydrogen) atoms. The summed E-state index contributed by atoms with van der Waals surface area (Å²) in [5, 5.41) is 11.2. The van der Waals surface area contributed by atoms with Gasteiger partial charge in [-0.1, -0.05) is 49.1 Å². The van der Waals surface area contributed by atoms with Gasteiger partial charge in [-0.25, -0.2) is 0 Å². The smallest absolute Gasteiger partial charge is 0.269 e. The van der Waals surface area contributed by atoms with Gasteiger partial charge in [-0.05, 0) is 50.0 Å². The predicted octanol–water partition coefficient (Wildman–Crippen LogP) is 5.68. The summed E-state index contributed by atoms with van der Waals surface area (Å²) in [6.45, 7) is 10.4. The van der Waals surface area contributed by atoms with Crippen molar-refractivity contribution in [3.63, 3.8) is 0 Å². The lowest BCUT2D eigenvalue weighted by Crippen LogP contribution is -2.36. The highest BCUT2D eigenvalue weighted by Crippen LogP contribution is 2.28. The summed E-state index contributed by atoms with van der Waals surface area (Å²) in [4.78, 5) is 30.9. The summed E-state index contributed by atoms with van der Waals surface area (Å²) in [5.41, 5.74) is 5.58. The van der Waals surface area contributed by atoms with E-state index in [1.54, 1.807) is 23.1 Å². The molecular weight excluding hydrogens is 402 g/mol. The monoisotopic (exact) mass is 429 g/mol. The van der Waals surface area contributed by atoms with Crippen LogP contribution in [0.3, 0.4) is 0 Å². The number of rotatable bonds is 6. The van der Waals surface area contributed by atoms with Crippen molar-refractivity contribution in [2.24, 2.45) is 0 Å². The molecule has 0 saturated heterocycles. The third kappa shape index (κ3) is 4.75. The minimum atomic E-state index is -0.404. The number of nitrogens with zero attached hydrogens (tertiary/aromatic N) is 3. The number of nitro groups is 1. The van der Waals surface area contributed by atoms with Gasteiger partial charge in [0.05, 0.1) is 16.2 Å². The van der Waals surface area contributed by atoms with Crippen LogP contribution in [0.15, 0.2) is 61.2 Å². The summed E-state index contributed by atoms with van der Waals surface area (Å²) in [5.74, 6) is -0.111. The van der Waals surface area contributed by atoms with Crippen molar-refractivity contribution in [3.05, 3.63) is 105 Å². The van der Waals surface area contributed by atoms with E-state index < -0.39 is 4.92 Å². The first kappa shape index (κ1) is 22.9.